The fraction of sp³-hybridized carbons (Fsp3) is 0.333. The van der Waals surface area contributed by atoms with Gasteiger partial charge in [-0.3, -0.25) is 0 Å². The first kappa shape index (κ1) is 18.0. The van der Waals surface area contributed by atoms with Gasteiger partial charge in [0.1, 0.15) is 11.8 Å². The van der Waals surface area contributed by atoms with Crippen molar-refractivity contribution in [2.24, 2.45) is 0 Å². The summed E-state index contributed by atoms with van der Waals surface area (Å²) >= 11 is 6.36. The van der Waals surface area contributed by atoms with Crippen LogP contribution in [0.5, 0.6) is 0 Å². The second-order valence-electron chi connectivity index (χ2n) is 6.81. The van der Waals surface area contributed by atoms with E-state index in [4.69, 9.17) is 21.1 Å². The molecule has 0 spiro atoms. The van der Waals surface area contributed by atoms with Crippen LogP contribution in [0.3, 0.4) is 0 Å². The molecule has 0 unspecified atom stereocenters. The van der Waals surface area contributed by atoms with Crippen LogP contribution in [0.25, 0.3) is 11.0 Å². The highest BCUT2D eigenvalue weighted by molar-refractivity contribution is 6.35. The van der Waals surface area contributed by atoms with E-state index in [-0.39, 0.29) is 12.1 Å². The monoisotopic (exact) mass is 384 g/mol. The zero-order valence-electron chi connectivity index (χ0n) is 15.3. The van der Waals surface area contributed by atoms with E-state index in [9.17, 15) is 4.79 Å². The Kier molecular flexibility index (Phi) is 4.89. The Bertz CT molecular complexity index is 970. The number of pyridine rings is 1. The summed E-state index contributed by atoms with van der Waals surface area (Å²) < 4.78 is 14.0. The van der Waals surface area contributed by atoms with Gasteiger partial charge in [0, 0.05) is 24.2 Å². The fourth-order valence-corrected chi connectivity index (χ4v) is 3.92. The van der Waals surface area contributed by atoms with E-state index >= 15 is 0 Å². The van der Waals surface area contributed by atoms with Crippen LogP contribution in [-0.2, 0) is 9.47 Å². The molecule has 0 saturated carbocycles. The molecule has 27 heavy (non-hydrogen) atoms. The van der Waals surface area contributed by atoms with Crippen LogP contribution in [0.1, 0.15) is 41.9 Å². The Morgan fingerprint density at radius 2 is 2.11 bits per heavy atom. The molecule has 0 amide bonds. The number of esters is 1. The number of aryl methyl sites for hydroxylation is 1. The molecule has 5 nitrogen and oxygen atoms in total. The number of carbonyl (C=O) groups excluding carboxylic acids is 1. The molecule has 3 aromatic rings. The second kappa shape index (κ2) is 7.33. The average molecular weight is 385 g/mol. The Balaban J connectivity index is 1.68. The summed E-state index contributed by atoms with van der Waals surface area (Å²) in [6, 6.07) is 10.8. The first-order valence-electron chi connectivity index (χ1n) is 9.11. The minimum absolute atomic E-state index is 0.0283. The lowest BCUT2D eigenvalue weighted by Crippen LogP contribution is -2.25. The summed E-state index contributed by atoms with van der Waals surface area (Å²) in [7, 11) is 0. The number of ether oxygens (including phenoxy) is 2. The molecule has 2 aromatic heterocycles. The van der Waals surface area contributed by atoms with Crippen molar-refractivity contribution in [3.05, 3.63) is 64.9 Å². The smallest absolute Gasteiger partial charge is 0.338 e. The number of nitrogens with zero attached hydrogens (tertiary/aromatic N) is 2. The highest BCUT2D eigenvalue weighted by atomic mass is 35.5. The van der Waals surface area contributed by atoms with Crippen LogP contribution in [0, 0.1) is 6.92 Å². The molecule has 1 aliphatic rings. The zero-order chi connectivity index (χ0) is 19.0. The Morgan fingerprint density at radius 3 is 2.85 bits per heavy atom. The minimum Gasteiger partial charge on any atom is -0.454 e. The predicted octanol–water partition coefficient (Wildman–Crippen LogP) is 4.92. The number of hydrogen-bond acceptors (Lipinski definition) is 4. The summed E-state index contributed by atoms with van der Waals surface area (Å²) in [6.07, 6.45) is 4.36. The zero-order valence-corrected chi connectivity index (χ0v) is 16.0. The summed E-state index contributed by atoms with van der Waals surface area (Å²) in [5.74, 6) is -0.342. The van der Waals surface area contributed by atoms with E-state index in [0.717, 1.165) is 23.0 Å². The third kappa shape index (κ3) is 3.33. The van der Waals surface area contributed by atoms with E-state index < -0.39 is 12.3 Å². The van der Waals surface area contributed by atoms with Crippen molar-refractivity contribution in [2.45, 2.75) is 45.1 Å². The molecule has 1 aliphatic heterocycles. The first-order valence-corrected chi connectivity index (χ1v) is 9.49. The lowest BCUT2D eigenvalue weighted by Gasteiger charge is -2.21. The van der Waals surface area contributed by atoms with Crippen molar-refractivity contribution in [3.8, 4) is 0 Å². The highest BCUT2D eigenvalue weighted by Gasteiger charge is 2.39. The molecule has 1 fully saturated rings. The van der Waals surface area contributed by atoms with Crippen LogP contribution in [-0.4, -0.2) is 27.7 Å². The van der Waals surface area contributed by atoms with E-state index in [1.807, 2.05) is 35.9 Å². The second-order valence-corrected chi connectivity index (χ2v) is 7.22. The van der Waals surface area contributed by atoms with Crippen LogP contribution >= 0.6 is 11.6 Å². The quantitative estimate of drug-likeness (QED) is 0.599. The van der Waals surface area contributed by atoms with Gasteiger partial charge in [-0.15, -0.1) is 0 Å². The Morgan fingerprint density at radius 1 is 1.33 bits per heavy atom. The number of carbonyl (C=O) groups is 1. The van der Waals surface area contributed by atoms with Crippen LogP contribution in [0.4, 0.5) is 0 Å². The number of aromatic nitrogens is 2. The van der Waals surface area contributed by atoms with E-state index in [1.165, 1.54) is 0 Å². The van der Waals surface area contributed by atoms with Gasteiger partial charge >= 0.3 is 5.97 Å². The lowest BCUT2D eigenvalue weighted by molar-refractivity contribution is -0.0465. The summed E-state index contributed by atoms with van der Waals surface area (Å²) in [5, 5.41) is 1.55. The maximum absolute atomic E-state index is 12.6. The predicted molar refractivity (Wildman–Crippen MR) is 104 cm³/mol. The van der Waals surface area contributed by atoms with Gasteiger partial charge in [0.25, 0.3) is 0 Å². The van der Waals surface area contributed by atoms with Gasteiger partial charge in [-0.05, 0) is 37.1 Å². The normalized spacial score (nSPS) is 22.3. The van der Waals surface area contributed by atoms with Crippen LogP contribution < -0.4 is 0 Å². The van der Waals surface area contributed by atoms with Crippen molar-refractivity contribution in [1.82, 2.24) is 9.55 Å². The molecule has 0 bridgehead atoms. The minimum atomic E-state index is -0.426. The van der Waals surface area contributed by atoms with Crippen molar-refractivity contribution in [2.75, 3.05) is 0 Å². The number of rotatable bonds is 4. The summed E-state index contributed by atoms with van der Waals surface area (Å²) in [5.41, 5.74) is 2.29. The average Bonchev–Trinajstić information content (AvgIpc) is 3.24. The Hall–Kier alpha value is -2.37. The van der Waals surface area contributed by atoms with Crippen LogP contribution in [0.2, 0.25) is 5.02 Å². The lowest BCUT2D eigenvalue weighted by atomic mass is 10.1. The van der Waals surface area contributed by atoms with Gasteiger partial charge in [-0.2, -0.15) is 0 Å². The molecule has 0 aliphatic carbocycles. The van der Waals surface area contributed by atoms with E-state index in [0.29, 0.717) is 17.0 Å². The van der Waals surface area contributed by atoms with Gasteiger partial charge in [0.05, 0.1) is 16.7 Å². The number of fused-ring (bicyclic) bond motifs is 1. The molecule has 1 aromatic carbocycles. The highest BCUT2D eigenvalue weighted by Crippen LogP contribution is 2.37. The summed E-state index contributed by atoms with van der Waals surface area (Å²) in [6.45, 7) is 4.06. The van der Waals surface area contributed by atoms with Gasteiger partial charge in [0.15, 0.2) is 6.23 Å². The van der Waals surface area contributed by atoms with Crippen molar-refractivity contribution in [3.63, 3.8) is 0 Å². The van der Waals surface area contributed by atoms with E-state index in [2.05, 4.69) is 11.9 Å². The van der Waals surface area contributed by atoms with Crippen molar-refractivity contribution >= 4 is 28.6 Å². The molecular formula is C21H21ClN2O3. The van der Waals surface area contributed by atoms with Crippen molar-refractivity contribution in [1.29, 1.82) is 0 Å². The Labute approximate surface area is 162 Å². The largest absolute Gasteiger partial charge is 0.454 e. The molecule has 3 atom stereocenters. The van der Waals surface area contributed by atoms with Crippen molar-refractivity contribution < 1.29 is 14.3 Å². The molecule has 1 saturated heterocycles. The maximum Gasteiger partial charge on any atom is 0.338 e. The SMILES string of the molecule is CC[C@@H]1C[C@@H](OC(=O)c2ccccc2)[C@H](n2cc(C)c3c(Cl)ccnc32)O1. The van der Waals surface area contributed by atoms with Gasteiger partial charge < -0.3 is 14.0 Å². The molecule has 140 valence electrons. The number of hydrogen-bond donors (Lipinski definition) is 0. The fourth-order valence-electron chi connectivity index (χ4n) is 3.63. The molecule has 4 rings (SSSR count). The van der Waals surface area contributed by atoms with Gasteiger partial charge in [-0.1, -0.05) is 36.7 Å². The first-order chi connectivity index (χ1) is 13.1. The van der Waals surface area contributed by atoms with Gasteiger partial charge in [-0.25, -0.2) is 9.78 Å². The number of benzene rings is 1. The molecule has 3 heterocycles. The van der Waals surface area contributed by atoms with Crippen LogP contribution in [0.15, 0.2) is 48.8 Å². The maximum atomic E-state index is 12.6. The van der Waals surface area contributed by atoms with Gasteiger partial charge in [0.2, 0.25) is 0 Å². The summed E-state index contributed by atoms with van der Waals surface area (Å²) in [4.78, 5) is 17.1. The molecular weight excluding hydrogens is 364 g/mol. The molecule has 0 N–H and O–H groups in total. The standard InChI is InChI=1S/C21H21ClN2O3/c1-3-15-11-17(27-21(25)14-7-5-4-6-8-14)20(26-15)24-12-13(2)18-16(22)9-10-23-19(18)24/h4-10,12,15,17,20H,3,11H2,1-2H3/t15-,17-,20-/m1/s1. The third-order valence-electron chi connectivity index (χ3n) is 4.99. The molecule has 6 heteroatoms. The molecule has 0 radical (unpaired) electrons. The third-order valence-corrected chi connectivity index (χ3v) is 5.31. The van der Waals surface area contributed by atoms with E-state index in [1.54, 1.807) is 24.4 Å². The topological polar surface area (TPSA) is 53.4 Å². The number of halogens is 1.